The molecule has 0 unspecified atom stereocenters. The zero-order valence-corrected chi connectivity index (χ0v) is 13.9. The van der Waals surface area contributed by atoms with Crippen LogP contribution in [0.2, 0.25) is 0 Å². The second kappa shape index (κ2) is 7.78. The van der Waals surface area contributed by atoms with Crippen LogP contribution in [0.15, 0.2) is 12.1 Å². The molecular formula is C14H12F3N7O4. The van der Waals surface area contributed by atoms with Crippen molar-refractivity contribution in [2.45, 2.75) is 19.0 Å². The van der Waals surface area contributed by atoms with Crippen LogP contribution in [0.3, 0.4) is 0 Å². The lowest BCUT2D eigenvalue weighted by molar-refractivity contribution is -0.392. The van der Waals surface area contributed by atoms with E-state index in [1.807, 2.05) is 6.07 Å². The Labute approximate surface area is 154 Å². The van der Waals surface area contributed by atoms with E-state index in [2.05, 4.69) is 15.5 Å². The van der Waals surface area contributed by atoms with E-state index < -0.39 is 38.6 Å². The highest BCUT2D eigenvalue weighted by Gasteiger charge is 2.37. The number of alkyl halides is 3. The molecule has 2 aromatic rings. The fraction of sp³-hybridized carbons (Fsp3) is 0.286. The molecule has 0 fully saturated rings. The van der Waals surface area contributed by atoms with Crippen LogP contribution in [0.1, 0.15) is 23.2 Å². The third kappa shape index (κ3) is 4.26. The van der Waals surface area contributed by atoms with Gasteiger partial charge in [0.1, 0.15) is 11.6 Å². The van der Waals surface area contributed by atoms with Crippen molar-refractivity contribution in [3.05, 3.63) is 49.2 Å². The molecule has 4 N–H and O–H groups in total. The first kappa shape index (κ1) is 20.4. The Morgan fingerprint density at radius 2 is 1.82 bits per heavy atom. The third-order valence-corrected chi connectivity index (χ3v) is 3.70. The molecule has 1 aromatic heterocycles. The predicted octanol–water partition coefficient (Wildman–Crippen LogP) is 2.74. The average Bonchev–Trinajstić information content (AvgIpc) is 2.96. The summed E-state index contributed by atoms with van der Waals surface area (Å²) >= 11 is 0. The molecule has 28 heavy (non-hydrogen) atoms. The maximum atomic E-state index is 12.9. The summed E-state index contributed by atoms with van der Waals surface area (Å²) in [6.07, 6.45) is -4.53. The van der Waals surface area contributed by atoms with Crippen molar-refractivity contribution in [1.29, 1.82) is 5.26 Å². The molecule has 0 saturated carbocycles. The number of nitriles is 1. The largest absolute Gasteiger partial charge is 0.416 e. The topological polar surface area (TPSA) is 177 Å². The molecular weight excluding hydrogens is 387 g/mol. The summed E-state index contributed by atoms with van der Waals surface area (Å²) in [5.41, 5.74) is 1.75. The van der Waals surface area contributed by atoms with Crippen molar-refractivity contribution in [3.8, 4) is 6.07 Å². The van der Waals surface area contributed by atoms with Gasteiger partial charge in [0.25, 0.3) is 11.4 Å². The molecule has 0 radical (unpaired) electrons. The van der Waals surface area contributed by atoms with Gasteiger partial charge >= 0.3 is 6.18 Å². The minimum atomic E-state index is -4.98. The number of benzene rings is 1. The zero-order valence-electron chi connectivity index (χ0n) is 13.9. The molecule has 1 aromatic carbocycles. The Bertz CT molecular complexity index is 930. The maximum absolute atomic E-state index is 12.9. The van der Waals surface area contributed by atoms with Crippen molar-refractivity contribution in [2.24, 2.45) is 0 Å². The number of nitrogens with one attached hydrogen (secondary N) is 2. The van der Waals surface area contributed by atoms with Crippen molar-refractivity contribution in [1.82, 2.24) is 10.2 Å². The first-order valence-electron chi connectivity index (χ1n) is 7.57. The van der Waals surface area contributed by atoms with Gasteiger partial charge < -0.3 is 11.1 Å². The van der Waals surface area contributed by atoms with Crippen LogP contribution in [0.5, 0.6) is 0 Å². The lowest BCUT2D eigenvalue weighted by Crippen LogP contribution is -2.12. The summed E-state index contributed by atoms with van der Waals surface area (Å²) in [5.74, 6) is -0.000487. The van der Waals surface area contributed by atoms with Gasteiger partial charge in [-0.1, -0.05) is 0 Å². The minimum Gasteiger partial charge on any atom is -0.381 e. The second-order valence-electron chi connectivity index (χ2n) is 5.51. The van der Waals surface area contributed by atoms with Crippen LogP contribution in [0.4, 0.5) is 36.1 Å². The number of nitrogens with zero attached hydrogens (tertiary/aromatic N) is 4. The van der Waals surface area contributed by atoms with E-state index in [1.165, 1.54) is 0 Å². The van der Waals surface area contributed by atoms with Gasteiger partial charge in [-0.25, -0.2) is 0 Å². The van der Waals surface area contributed by atoms with Crippen molar-refractivity contribution >= 4 is 22.9 Å². The fourth-order valence-corrected chi connectivity index (χ4v) is 2.42. The van der Waals surface area contributed by atoms with Gasteiger partial charge in [0.05, 0.1) is 21.1 Å². The quantitative estimate of drug-likeness (QED) is 0.361. The number of anilines is 2. The van der Waals surface area contributed by atoms with Gasteiger partial charge in [-0.2, -0.15) is 23.5 Å². The van der Waals surface area contributed by atoms with Crippen molar-refractivity contribution < 1.29 is 23.0 Å². The Hall–Kier alpha value is -3.89. The number of rotatable bonds is 7. The summed E-state index contributed by atoms with van der Waals surface area (Å²) in [6.45, 7) is -0.0587. The van der Waals surface area contributed by atoms with E-state index in [0.717, 1.165) is 0 Å². The summed E-state index contributed by atoms with van der Waals surface area (Å²) in [4.78, 5) is 20.0. The number of aromatic nitrogens is 2. The lowest BCUT2D eigenvalue weighted by Gasteiger charge is -2.11. The molecule has 0 aliphatic carbocycles. The molecule has 0 aliphatic rings. The molecule has 0 saturated heterocycles. The average molecular weight is 399 g/mol. The Morgan fingerprint density at radius 1 is 1.25 bits per heavy atom. The summed E-state index contributed by atoms with van der Waals surface area (Å²) in [5, 5.41) is 39.9. The maximum Gasteiger partial charge on any atom is 0.416 e. The molecule has 0 aliphatic heterocycles. The number of hydrogen-bond acceptors (Lipinski definition) is 8. The highest BCUT2D eigenvalue weighted by Crippen LogP contribution is 2.41. The molecule has 1 heterocycles. The van der Waals surface area contributed by atoms with Gasteiger partial charge in [0.2, 0.25) is 0 Å². The summed E-state index contributed by atoms with van der Waals surface area (Å²) in [6, 6.07) is 2.32. The normalized spacial score (nSPS) is 11.1. The number of H-pyrrole nitrogens is 1. The highest BCUT2D eigenvalue weighted by molar-refractivity contribution is 5.75. The van der Waals surface area contributed by atoms with Crippen LogP contribution in [0, 0.1) is 31.6 Å². The number of nitro groups is 2. The van der Waals surface area contributed by atoms with Crippen molar-refractivity contribution in [2.75, 3.05) is 17.6 Å². The van der Waals surface area contributed by atoms with Crippen LogP contribution < -0.4 is 11.1 Å². The third-order valence-electron chi connectivity index (χ3n) is 3.70. The van der Waals surface area contributed by atoms with E-state index in [4.69, 9.17) is 11.0 Å². The second-order valence-corrected chi connectivity index (χ2v) is 5.51. The number of nitrogens with two attached hydrogens (primary N) is 1. The molecule has 2 rings (SSSR count). The Morgan fingerprint density at radius 3 is 2.29 bits per heavy atom. The van der Waals surface area contributed by atoms with Gasteiger partial charge in [0.15, 0.2) is 11.5 Å². The molecule has 11 nitrogen and oxygen atoms in total. The SMILES string of the molecule is N#Cc1c(N)n[nH]c1CCCNc1c([N+](=O)[O-])cc(C(F)(F)F)cc1[N+](=O)[O-]. The lowest BCUT2D eigenvalue weighted by atomic mass is 10.1. The zero-order chi connectivity index (χ0) is 21.1. The van der Waals surface area contributed by atoms with Gasteiger partial charge in [-0.15, -0.1) is 0 Å². The number of nitrogen functional groups attached to an aromatic ring is 1. The number of aromatic amines is 1. The van der Waals surface area contributed by atoms with Crippen LogP contribution >= 0.6 is 0 Å². The van der Waals surface area contributed by atoms with E-state index in [0.29, 0.717) is 5.69 Å². The Balaban J connectivity index is 2.25. The summed E-state index contributed by atoms with van der Waals surface area (Å²) in [7, 11) is 0. The van der Waals surface area contributed by atoms with Crippen LogP contribution in [-0.4, -0.2) is 26.6 Å². The van der Waals surface area contributed by atoms with Gasteiger partial charge in [0, 0.05) is 18.7 Å². The van der Waals surface area contributed by atoms with Gasteiger partial charge in [-0.05, 0) is 12.8 Å². The van der Waals surface area contributed by atoms with E-state index in [-0.39, 0.29) is 42.9 Å². The molecule has 0 amide bonds. The standard InChI is InChI=1S/C14H12F3N7O4/c15-14(16,17)7-4-10(23(25)26)12(11(5-7)24(27)28)20-3-1-2-9-8(6-18)13(19)22-21-9/h4-5,20H,1-3H2,(H3,19,21,22). The van der Waals surface area contributed by atoms with Crippen LogP contribution in [0.25, 0.3) is 0 Å². The first-order valence-corrected chi connectivity index (χ1v) is 7.57. The number of hydrogen-bond donors (Lipinski definition) is 3. The minimum absolute atomic E-state index is 0.000487. The first-order chi connectivity index (χ1) is 13.1. The number of nitro benzene ring substituents is 2. The number of halogens is 3. The van der Waals surface area contributed by atoms with Gasteiger partial charge in [-0.3, -0.25) is 25.3 Å². The monoisotopic (exact) mass is 399 g/mol. The number of aryl methyl sites for hydroxylation is 1. The fourth-order valence-electron chi connectivity index (χ4n) is 2.42. The molecule has 0 atom stereocenters. The van der Waals surface area contributed by atoms with E-state index in [9.17, 15) is 33.4 Å². The van der Waals surface area contributed by atoms with E-state index >= 15 is 0 Å². The smallest absolute Gasteiger partial charge is 0.381 e. The molecule has 0 spiro atoms. The van der Waals surface area contributed by atoms with Crippen LogP contribution in [-0.2, 0) is 12.6 Å². The highest BCUT2D eigenvalue weighted by atomic mass is 19.4. The molecule has 0 bridgehead atoms. The van der Waals surface area contributed by atoms with Crippen molar-refractivity contribution in [3.63, 3.8) is 0 Å². The molecule has 14 heteroatoms. The van der Waals surface area contributed by atoms with E-state index in [1.54, 1.807) is 0 Å². The summed E-state index contributed by atoms with van der Waals surface area (Å²) < 4.78 is 38.6. The molecule has 148 valence electrons. The Kier molecular flexibility index (Phi) is 5.67. The predicted molar refractivity (Wildman–Crippen MR) is 89.3 cm³/mol.